The highest BCUT2D eigenvalue weighted by Gasteiger charge is 2.24. The quantitative estimate of drug-likeness (QED) is 0.728. The van der Waals surface area contributed by atoms with Crippen LogP contribution in [0, 0.1) is 20.8 Å². The number of hydrogen-bond donors (Lipinski definition) is 1. The van der Waals surface area contributed by atoms with Gasteiger partial charge < -0.3 is 10.1 Å². The lowest BCUT2D eigenvalue weighted by atomic mass is 10.1. The maximum absolute atomic E-state index is 12.8. The Morgan fingerprint density at radius 3 is 2.36 bits per heavy atom. The Morgan fingerprint density at radius 1 is 1.04 bits per heavy atom. The van der Waals surface area contributed by atoms with Crippen LogP contribution in [0.3, 0.4) is 0 Å². The van der Waals surface area contributed by atoms with E-state index in [4.69, 9.17) is 4.74 Å². The molecule has 0 spiro atoms. The second kappa shape index (κ2) is 9.21. The van der Waals surface area contributed by atoms with Crippen LogP contribution in [-0.2, 0) is 14.8 Å². The molecule has 6 nitrogen and oxygen atoms in total. The van der Waals surface area contributed by atoms with Crippen molar-refractivity contribution < 1.29 is 17.9 Å². The lowest BCUT2D eigenvalue weighted by Crippen LogP contribution is -2.31. The molecule has 2 aromatic rings. The van der Waals surface area contributed by atoms with Gasteiger partial charge in [-0.1, -0.05) is 32.0 Å². The average Bonchev–Trinajstić information content (AvgIpc) is 2.65. The van der Waals surface area contributed by atoms with Crippen molar-refractivity contribution in [2.75, 3.05) is 25.0 Å². The molecule has 0 saturated heterocycles. The topological polar surface area (TPSA) is 75.7 Å². The Hall–Kier alpha value is -2.38. The minimum Gasteiger partial charge on any atom is -0.483 e. The van der Waals surface area contributed by atoms with E-state index in [-0.39, 0.29) is 17.4 Å². The van der Waals surface area contributed by atoms with Crippen molar-refractivity contribution in [3.8, 4) is 5.75 Å². The number of aryl methyl sites for hydroxylation is 2. The zero-order chi connectivity index (χ0) is 20.9. The summed E-state index contributed by atoms with van der Waals surface area (Å²) in [5.41, 5.74) is 3.13. The molecule has 7 heteroatoms. The molecule has 0 aliphatic heterocycles. The molecule has 0 unspecified atom stereocenters. The van der Waals surface area contributed by atoms with E-state index < -0.39 is 10.0 Å². The molecule has 0 heterocycles. The van der Waals surface area contributed by atoms with Gasteiger partial charge >= 0.3 is 0 Å². The lowest BCUT2D eigenvalue weighted by Gasteiger charge is -2.20. The van der Waals surface area contributed by atoms with Crippen molar-refractivity contribution in [2.45, 2.75) is 39.5 Å². The number of ether oxygens (including phenoxy) is 1. The molecule has 2 aromatic carbocycles. The molecule has 1 amide bonds. The van der Waals surface area contributed by atoms with Crippen LogP contribution in [0.4, 0.5) is 5.69 Å². The van der Waals surface area contributed by atoms with Gasteiger partial charge in [0.05, 0.1) is 4.90 Å². The highest BCUT2D eigenvalue weighted by Crippen LogP contribution is 2.24. The van der Waals surface area contributed by atoms with Crippen LogP contribution >= 0.6 is 0 Å². The molecule has 152 valence electrons. The molecule has 28 heavy (non-hydrogen) atoms. The standard InChI is InChI=1S/C21H28N2O4S/c1-6-23(7-2)28(25,26)20-13-18(12-11-16(20)4)22-21(24)14-27-19-10-8-9-15(3)17(19)5/h8-13H,6-7,14H2,1-5H3,(H,22,24). The normalized spacial score (nSPS) is 11.5. The molecule has 0 atom stereocenters. The Bertz CT molecular complexity index is 951. The van der Waals surface area contributed by atoms with Gasteiger partial charge in [0.15, 0.2) is 6.61 Å². The number of nitrogens with zero attached hydrogens (tertiary/aromatic N) is 1. The van der Waals surface area contributed by atoms with E-state index in [2.05, 4.69) is 5.32 Å². The van der Waals surface area contributed by atoms with E-state index >= 15 is 0 Å². The summed E-state index contributed by atoms with van der Waals surface area (Å²) in [4.78, 5) is 12.5. The van der Waals surface area contributed by atoms with Gasteiger partial charge in [-0.2, -0.15) is 4.31 Å². The molecule has 0 saturated carbocycles. The van der Waals surface area contributed by atoms with Gasteiger partial charge in [-0.05, 0) is 55.7 Å². The number of carbonyl (C=O) groups excluding carboxylic acids is 1. The van der Waals surface area contributed by atoms with E-state index in [1.54, 1.807) is 32.9 Å². The van der Waals surface area contributed by atoms with Gasteiger partial charge in [-0.25, -0.2) is 8.42 Å². The minimum atomic E-state index is -3.61. The molecule has 0 aliphatic carbocycles. The van der Waals surface area contributed by atoms with Crippen LogP contribution in [0.25, 0.3) is 0 Å². The van der Waals surface area contributed by atoms with Crippen LogP contribution in [0.15, 0.2) is 41.3 Å². The Labute approximate surface area is 167 Å². The van der Waals surface area contributed by atoms with E-state index in [0.717, 1.165) is 11.1 Å². The van der Waals surface area contributed by atoms with Crippen LogP contribution in [0.5, 0.6) is 5.75 Å². The van der Waals surface area contributed by atoms with Crippen molar-refractivity contribution in [1.82, 2.24) is 4.31 Å². The minimum absolute atomic E-state index is 0.156. The number of carbonyl (C=O) groups is 1. The van der Waals surface area contributed by atoms with E-state index in [9.17, 15) is 13.2 Å². The van der Waals surface area contributed by atoms with E-state index in [1.165, 1.54) is 10.4 Å². The van der Waals surface area contributed by atoms with Crippen LogP contribution in [-0.4, -0.2) is 38.3 Å². The van der Waals surface area contributed by atoms with Gasteiger partial charge in [0.25, 0.3) is 5.91 Å². The summed E-state index contributed by atoms with van der Waals surface area (Å²) < 4.78 is 32.6. The summed E-state index contributed by atoms with van der Waals surface area (Å²) in [7, 11) is -3.61. The Balaban J connectivity index is 2.14. The van der Waals surface area contributed by atoms with Crippen LogP contribution < -0.4 is 10.1 Å². The first-order valence-corrected chi connectivity index (χ1v) is 10.7. The zero-order valence-corrected chi connectivity index (χ0v) is 17.9. The van der Waals surface area contributed by atoms with Gasteiger partial charge in [0.2, 0.25) is 10.0 Å². The fraction of sp³-hybridized carbons (Fsp3) is 0.381. The number of benzene rings is 2. The predicted octanol–water partition coefficient (Wildman–Crippen LogP) is 3.66. The molecule has 2 rings (SSSR count). The number of hydrogen-bond acceptors (Lipinski definition) is 4. The van der Waals surface area contributed by atoms with Gasteiger partial charge in [0.1, 0.15) is 5.75 Å². The van der Waals surface area contributed by atoms with Gasteiger partial charge in [-0.15, -0.1) is 0 Å². The lowest BCUT2D eigenvalue weighted by molar-refractivity contribution is -0.118. The second-order valence-electron chi connectivity index (χ2n) is 6.60. The third-order valence-corrected chi connectivity index (χ3v) is 6.90. The Morgan fingerprint density at radius 2 is 1.71 bits per heavy atom. The summed E-state index contributed by atoms with van der Waals surface area (Å²) in [5, 5.41) is 2.71. The molecule has 1 N–H and O–H groups in total. The first-order chi connectivity index (χ1) is 13.2. The third-order valence-electron chi connectivity index (χ3n) is 4.71. The third kappa shape index (κ3) is 4.91. The molecule has 0 fully saturated rings. The first kappa shape index (κ1) is 21.9. The smallest absolute Gasteiger partial charge is 0.262 e. The molecule has 0 aliphatic rings. The highest BCUT2D eigenvalue weighted by atomic mass is 32.2. The maximum atomic E-state index is 12.8. The van der Waals surface area contributed by atoms with Crippen molar-refractivity contribution in [3.63, 3.8) is 0 Å². The summed E-state index contributed by atoms with van der Waals surface area (Å²) in [6, 6.07) is 10.5. The maximum Gasteiger partial charge on any atom is 0.262 e. The highest BCUT2D eigenvalue weighted by molar-refractivity contribution is 7.89. The number of rotatable bonds is 8. The van der Waals surface area contributed by atoms with E-state index in [0.29, 0.717) is 30.1 Å². The number of amides is 1. The van der Waals surface area contributed by atoms with E-state index in [1.807, 2.05) is 32.0 Å². The van der Waals surface area contributed by atoms with Crippen molar-refractivity contribution in [3.05, 3.63) is 53.1 Å². The zero-order valence-electron chi connectivity index (χ0n) is 17.1. The van der Waals surface area contributed by atoms with Gasteiger partial charge in [0, 0.05) is 18.8 Å². The second-order valence-corrected chi connectivity index (χ2v) is 8.51. The molecular weight excluding hydrogens is 376 g/mol. The fourth-order valence-corrected chi connectivity index (χ4v) is 4.59. The van der Waals surface area contributed by atoms with Crippen molar-refractivity contribution in [2.24, 2.45) is 0 Å². The van der Waals surface area contributed by atoms with Gasteiger partial charge in [-0.3, -0.25) is 4.79 Å². The van der Waals surface area contributed by atoms with Crippen LogP contribution in [0.1, 0.15) is 30.5 Å². The molecular formula is C21H28N2O4S. The summed E-state index contributed by atoms with van der Waals surface area (Å²) in [6.07, 6.45) is 0. The number of sulfonamides is 1. The number of nitrogens with one attached hydrogen (secondary N) is 1. The fourth-order valence-electron chi connectivity index (χ4n) is 2.88. The SMILES string of the molecule is CCN(CC)S(=O)(=O)c1cc(NC(=O)COc2cccc(C)c2C)ccc1C. The van der Waals surface area contributed by atoms with Crippen LogP contribution in [0.2, 0.25) is 0 Å². The summed E-state index contributed by atoms with van der Waals surface area (Å²) in [6.45, 7) is 9.87. The Kier molecular flexibility index (Phi) is 7.21. The molecule has 0 radical (unpaired) electrons. The molecule has 0 aromatic heterocycles. The average molecular weight is 405 g/mol. The first-order valence-electron chi connectivity index (χ1n) is 9.30. The monoisotopic (exact) mass is 404 g/mol. The predicted molar refractivity (Wildman–Crippen MR) is 111 cm³/mol. The largest absolute Gasteiger partial charge is 0.483 e. The van der Waals surface area contributed by atoms with Crippen molar-refractivity contribution in [1.29, 1.82) is 0 Å². The summed E-state index contributed by atoms with van der Waals surface area (Å²) >= 11 is 0. The number of anilines is 1. The van der Waals surface area contributed by atoms with Crippen molar-refractivity contribution >= 4 is 21.6 Å². The molecule has 0 bridgehead atoms. The summed E-state index contributed by atoms with van der Waals surface area (Å²) in [5.74, 6) is 0.305.